The van der Waals surface area contributed by atoms with E-state index in [4.69, 9.17) is 9.47 Å². The summed E-state index contributed by atoms with van der Waals surface area (Å²) in [7, 11) is 1.53. The zero-order valence-corrected chi connectivity index (χ0v) is 19.6. The number of benzene rings is 3. The highest BCUT2D eigenvalue weighted by molar-refractivity contribution is 7.22. The Morgan fingerprint density at radius 3 is 2.61 bits per heavy atom. The van der Waals surface area contributed by atoms with Gasteiger partial charge in [0.15, 0.2) is 10.9 Å². The first kappa shape index (κ1) is 23.2. The van der Waals surface area contributed by atoms with Crippen molar-refractivity contribution < 1.29 is 33.8 Å². The molecular weight excluding hydrogens is 484 g/mol. The van der Waals surface area contributed by atoms with Gasteiger partial charge in [-0.05, 0) is 36.4 Å². The summed E-state index contributed by atoms with van der Waals surface area (Å²) in [5.41, 5.74) is 0.926. The molecule has 36 heavy (non-hydrogen) atoms. The minimum Gasteiger partial charge on any atom is -0.507 e. The molecule has 5 rings (SSSR count). The highest BCUT2D eigenvalue weighted by atomic mass is 32.1. The second kappa shape index (κ2) is 9.23. The highest BCUT2D eigenvalue weighted by Gasteiger charge is 2.46. The smallest absolute Gasteiger partial charge is 0.339 e. The molecule has 10 heteroatoms. The standard InChI is InChI=1S/C26H18N2O7S/c1-34-13-10-11-17-19(12-13)36-26(27-17)28-24(32)22(31)20(21(30)16-8-4-5-9-18(16)29)23-14-6-2-3-7-15(14)25(33)35-23/h2-12,20,23,29H,1H3,(H,27,28,32)/t20-,23-/m1/s1. The van der Waals surface area contributed by atoms with Crippen LogP contribution in [0.1, 0.15) is 32.4 Å². The topological polar surface area (TPSA) is 132 Å². The Morgan fingerprint density at radius 2 is 1.83 bits per heavy atom. The number of ether oxygens (including phenoxy) is 2. The number of phenolic OH excluding ortho intramolecular Hbond substituents is 1. The van der Waals surface area contributed by atoms with Crippen LogP contribution in [0.25, 0.3) is 10.2 Å². The summed E-state index contributed by atoms with van der Waals surface area (Å²) in [6.45, 7) is 0. The molecule has 3 aromatic carbocycles. The first-order chi connectivity index (χ1) is 17.4. The van der Waals surface area contributed by atoms with E-state index in [0.717, 1.165) is 16.0 Å². The third kappa shape index (κ3) is 4.07. The maximum Gasteiger partial charge on any atom is 0.339 e. The second-order valence-corrected chi connectivity index (χ2v) is 8.97. The number of esters is 1. The van der Waals surface area contributed by atoms with E-state index in [0.29, 0.717) is 16.8 Å². The molecule has 2 N–H and O–H groups in total. The number of para-hydroxylation sites is 1. The molecule has 0 spiro atoms. The molecule has 2 heterocycles. The van der Waals surface area contributed by atoms with Gasteiger partial charge >= 0.3 is 5.97 Å². The van der Waals surface area contributed by atoms with Crippen molar-refractivity contribution in [2.24, 2.45) is 5.92 Å². The minimum atomic E-state index is -1.72. The van der Waals surface area contributed by atoms with E-state index in [1.54, 1.807) is 36.4 Å². The molecular formula is C26H18N2O7S. The fourth-order valence-corrected chi connectivity index (χ4v) is 4.94. The number of thiazole rings is 1. The van der Waals surface area contributed by atoms with Crippen LogP contribution in [-0.4, -0.2) is 40.6 Å². The van der Waals surface area contributed by atoms with E-state index < -0.39 is 35.5 Å². The average molecular weight is 503 g/mol. The number of carbonyl (C=O) groups is 4. The van der Waals surface area contributed by atoms with Gasteiger partial charge in [0.05, 0.1) is 28.5 Å². The monoisotopic (exact) mass is 502 g/mol. The van der Waals surface area contributed by atoms with E-state index in [1.165, 1.54) is 37.4 Å². The van der Waals surface area contributed by atoms with Gasteiger partial charge in [0.2, 0.25) is 5.78 Å². The summed E-state index contributed by atoms with van der Waals surface area (Å²) in [5, 5.41) is 12.8. The van der Waals surface area contributed by atoms with Gasteiger partial charge in [0, 0.05) is 5.56 Å². The number of cyclic esters (lactones) is 1. The van der Waals surface area contributed by atoms with Gasteiger partial charge in [0.25, 0.3) is 5.91 Å². The molecule has 0 aliphatic carbocycles. The number of Topliss-reactive ketones (excluding diaryl/α,β-unsaturated/α-hetero) is 2. The fourth-order valence-electron chi connectivity index (χ4n) is 4.05. The number of aromatic hydroxyl groups is 1. The number of aromatic nitrogens is 1. The van der Waals surface area contributed by atoms with Crippen LogP contribution in [0.15, 0.2) is 66.7 Å². The van der Waals surface area contributed by atoms with Crippen molar-refractivity contribution in [3.63, 3.8) is 0 Å². The number of nitrogens with one attached hydrogen (secondary N) is 1. The lowest BCUT2D eigenvalue weighted by molar-refractivity contribution is -0.138. The van der Waals surface area contributed by atoms with Gasteiger partial charge in [-0.15, -0.1) is 0 Å². The number of hydrogen-bond donors (Lipinski definition) is 2. The number of carbonyl (C=O) groups excluding carboxylic acids is 4. The minimum absolute atomic E-state index is 0.147. The lowest BCUT2D eigenvalue weighted by atomic mass is 9.84. The Bertz CT molecular complexity index is 1540. The zero-order valence-electron chi connectivity index (χ0n) is 18.8. The molecule has 1 amide bonds. The molecule has 0 unspecified atom stereocenters. The van der Waals surface area contributed by atoms with Crippen LogP contribution < -0.4 is 10.1 Å². The molecule has 4 aromatic rings. The number of rotatable bonds is 7. The normalized spacial score (nSPS) is 15.1. The molecule has 0 bridgehead atoms. The van der Waals surface area contributed by atoms with Crippen LogP contribution in [0.2, 0.25) is 0 Å². The molecule has 2 atom stereocenters. The van der Waals surface area contributed by atoms with Crippen molar-refractivity contribution in [2.45, 2.75) is 6.10 Å². The predicted octanol–water partition coefficient (Wildman–Crippen LogP) is 3.93. The molecule has 0 saturated heterocycles. The van der Waals surface area contributed by atoms with Gasteiger partial charge in [-0.3, -0.25) is 19.7 Å². The lowest BCUT2D eigenvalue weighted by Gasteiger charge is -2.21. The number of anilines is 1. The molecule has 0 fully saturated rings. The Kier molecular flexibility index (Phi) is 5.95. The van der Waals surface area contributed by atoms with Gasteiger partial charge in [-0.2, -0.15) is 0 Å². The average Bonchev–Trinajstić information content (AvgIpc) is 3.44. The Balaban J connectivity index is 1.50. The molecule has 9 nitrogen and oxygen atoms in total. The third-order valence-electron chi connectivity index (χ3n) is 5.80. The number of amides is 1. The maximum atomic E-state index is 13.5. The van der Waals surface area contributed by atoms with Gasteiger partial charge < -0.3 is 14.6 Å². The molecule has 180 valence electrons. The number of nitrogens with zero attached hydrogens (tertiary/aromatic N) is 1. The SMILES string of the molecule is COc1ccc2nc(NC(=O)C(=O)[C@@H](C(=O)c3ccccc3O)[C@@H]3OC(=O)c4ccccc43)sc2c1. The van der Waals surface area contributed by atoms with Gasteiger partial charge in [0.1, 0.15) is 23.5 Å². The van der Waals surface area contributed by atoms with E-state index in [2.05, 4.69) is 10.3 Å². The molecule has 0 saturated carbocycles. The van der Waals surface area contributed by atoms with Gasteiger partial charge in [-0.25, -0.2) is 9.78 Å². The summed E-state index contributed by atoms with van der Waals surface area (Å²) >= 11 is 1.13. The van der Waals surface area contributed by atoms with Crippen molar-refractivity contribution in [1.29, 1.82) is 0 Å². The van der Waals surface area contributed by atoms with Crippen LogP contribution in [-0.2, 0) is 14.3 Å². The van der Waals surface area contributed by atoms with Crippen molar-refractivity contribution in [1.82, 2.24) is 4.98 Å². The first-order valence-corrected chi connectivity index (χ1v) is 11.6. The van der Waals surface area contributed by atoms with Crippen LogP contribution in [0.3, 0.4) is 0 Å². The predicted molar refractivity (Wildman–Crippen MR) is 130 cm³/mol. The van der Waals surface area contributed by atoms with E-state index >= 15 is 0 Å². The highest BCUT2D eigenvalue weighted by Crippen LogP contribution is 2.39. The number of fused-ring (bicyclic) bond motifs is 2. The third-order valence-corrected chi connectivity index (χ3v) is 6.73. The molecule has 1 aromatic heterocycles. The summed E-state index contributed by atoms with van der Waals surface area (Å²) in [6.07, 6.45) is -1.33. The van der Waals surface area contributed by atoms with Crippen LogP contribution in [0, 0.1) is 5.92 Å². The molecule has 1 aliphatic heterocycles. The van der Waals surface area contributed by atoms with Crippen molar-refractivity contribution >= 4 is 50.1 Å². The first-order valence-electron chi connectivity index (χ1n) is 10.8. The largest absolute Gasteiger partial charge is 0.507 e. The summed E-state index contributed by atoms with van der Waals surface area (Å²) in [6, 6.07) is 17.1. The van der Waals surface area contributed by atoms with E-state index in [-0.39, 0.29) is 22.0 Å². The van der Waals surface area contributed by atoms with E-state index in [9.17, 15) is 24.3 Å². The Hall–Kier alpha value is -4.57. The number of hydrogen-bond acceptors (Lipinski definition) is 9. The second-order valence-electron chi connectivity index (χ2n) is 7.94. The van der Waals surface area contributed by atoms with Crippen molar-refractivity contribution in [3.05, 3.63) is 83.4 Å². The Morgan fingerprint density at radius 1 is 1.08 bits per heavy atom. The van der Waals surface area contributed by atoms with Crippen molar-refractivity contribution in [2.75, 3.05) is 12.4 Å². The number of phenols is 1. The van der Waals surface area contributed by atoms with Crippen LogP contribution in [0.5, 0.6) is 11.5 Å². The Labute approximate surface area is 208 Å². The summed E-state index contributed by atoms with van der Waals surface area (Å²) in [5.74, 6) is -5.27. The van der Waals surface area contributed by atoms with Crippen molar-refractivity contribution in [3.8, 4) is 11.5 Å². The number of ketones is 2. The number of methoxy groups -OCH3 is 1. The molecule has 0 radical (unpaired) electrons. The summed E-state index contributed by atoms with van der Waals surface area (Å²) < 4.78 is 11.3. The lowest BCUT2D eigenvalue weighted by Crippen LogP contribution is -2.38. The zero-order chi connectivity index (χ0) is 25.4. The molecule has 1 aliphatic rings. The van der Waals surface area contributed by atoms with E-state index in [1.807, 2.05) is 0 Å². The van der Waals surface area contributed by atoms with Gasteiger partial charge in [-0.1, -0.05) is 41.7 Å². The maximum absolute atomic E-state index is 13.5. The van der Waals surface area contributed by atoms with Crippen LogP contribution in [0.4, 0.5) is 5.13 Å². The quantitative estimate of drug-likeness (QED) is 0.168. The fraction of sp³-hybridized carbons (Fsp3) is 0.115. The van der Waals surface area contributed by atoms with Crippen LogP contribution >= 0.6 is 11.3 Å². The summed E-state index contributed by atoms with van der Waals surface area (Å²) in [4.78, 5) is 56.7.